The summed E-state index contributed by atoms with van der Waals surface area (Å²) < 4.78 is 12.3. The van der Waals surface area contributed by atoms with Crippen LogP contribution in [-0.4, -0.2) is 94.1 Å². The van der Waals surface area contributed by atoms with E-state index in [0.717, 1.165) is 82.6 Å². The number of esters is 2. The third-order valence-electron chi connectivity index (χ3n) is 19.8. The first kappa shape index (κ1) is 34.8. The van der Waals surface area contributed by atoms with Gasteiger partial charge in [-0.05, 0) is 116 Å². The first-order valence-electron chi connectivity index (χ1n) is 21.7. The van der Waals surface area contributed by atoms with E-state index in [0.29, 0.717) is 22.9 Å². The van der Waals surface area contributed by atoms with Crippen molar-refractivity contribution in [2.45, 2.75) is 145 Å². The monoisotopic (exact) mass is 741 g/mol. The summed E-state index contributed by atoms with van der Waals surface area (Å²) in [4.78, 5) is 28.8. The molecule has 18 unspecified atom stereocenters. The second kappa shape index (κ2) is 11.1. The highest BCUT2D eigenvalue weighted by Gasteiger charge is 2.83. The van der Waals surface area contributed by atoms with Gasteiger partial charge < -0.3 is 29.7 Å². The minimum atomic E-state index is -0.739. The lowest BCUT2D eigenvalue weighted by Crippen LogP contribution is -2.83. The number of carbonyl (C=O) groups excluding carboxylic acids is 2. The summed E-state index contributed by atoms with van der Waals surface area (Å²) in [6, 6.07) is 8.74. The number of rotatable bonds is 5. The Morgan fingerprint density at radius 2 is 1.83 bits per heavy atom. The lowest BCUT2D eigenvalue weighted by atomic mass is 9.43. The number of para-hydroxylation sites is 1. The van der Waals surface area contributed by atoms with Crippen LogP contribution in [0.1, 0.15) is 103 Å². The Balaban J connectivity index is 0.829. The fourth-order valence-electron chi connectivity index (χ4n) is 17.6. The number of fused-ring (bicyclic) bond motifs is 7. The highest BCUT2D eigenvalue weighted by Crippen LogP contribution is 2.73. The van der Waals surface area contributed by atoms with Crippen molar-refractivity contribution >= 4 is 17.6 Å². The topological polar surface area (TPSA) is 117 Å². The molecule has 292 valence electrons. The number of carbonyl (C=O) groups is 2. The zero-order chi connectivity index (χ0) is 37.3. The Hall–Kier alpha value is -2.46. The molecular weight excluding hydrogens is 681 g/mol. The number of anilines is 1. The Bertz CT molecular complexity index is 1830. The van der Waals surface area contributed by atoms with Crippen molar-refractivity contribution in [1.82, 2.24) is 0 Å². The number of hydrogen-bond acceptors (Lipinski definition) is 8. The van der Waals surface area contributed by atoms with Crippen molar-refractivity contribution in [3.05, 3.63) is 41.5 Å². The number of aliphatic hydroxyl groups excluding tert-OH is 2. The van der Waals surface area contributed by atoms with Crippen molar-refractivity contribution in [3.8, 4) is 0 Å². The van der Waals surface area contributed by atoms with Crippen molar-refractivity contribution in [1.29, 1.82) is 0 Å². The maximum absolute atomic E-state index is 14.5. The first-order valence-corrected chi connectivity index (χ1v) is 21.7. The zero-order valence-corrected chi connectivity index (χ0v) is 32.7. The van der Waals surface area contributed by atoms with Crippen LogP contribution in [0.3, 0.4) is 0 Å². The van der Waals surface area contributed by atoms with Gasteiger partial charge in [0.1, 0.15) is 18.8 Å². The molecule has 5 aliphatic carbocycles. The summed E-state index contributed by atoms with van der Waals surface area (Å²) in [5.74, 6) is 1.32. The van der Waals surface area contributed by atoms with Crippen LogP contribution in [0.2, 0.25) is 0 Å². The van der Waals surface area contributed by atoms with Gasteiger partial charge in [-0.15, -0.1) is 0 Å². The number of hydrogen-bond donors (Lipinski definition) is 3. The molecule has 1 aromatic rings. The number of cyclic esters (lactones) is 1. The Morgan fingerprint density at radius 1 is 1.02 bits per heavy atom. The van der Waals surface area contributed by atoms with E-state index in [1.165, 1.54) is 11.3 Å². The summed E-state index contributed by atoms with van der Waals surface area (Å²) in [6.07, 6.45) is 11.5. The quantitative estimate of drug-likeness (QED) is 0.278. The van der Waals surface area contributed by atoms with Gasteiger partial charge in [0.25, 0.3) is 0 Å². The summed E-state index contributed by atoms with van der Waals surface area (Å²) in [6.45, 7) is 7.48. The van der Waals surface area contributed by atoms with E-state index >= 15 is 0 Å². The second-order valence-electron chi connectivity index (χ2n) is 20.7. The molecule has 0 aromatic heterocycles. The fourth-order valence-corrected chi connectivity index (χ4v) is 17.6. The minimum Gasteiger partial charge on any atom is -0.458 e. The number of likely N-dealkylation sites (N-methyl/N-ethyl adjacent to an activating group) is 1. The van der Waals surface area contributed by atoms with Gasteiger partial charge in [-0.2, -0.15) is 0 Å². The van der Waals surface area contributed by atoms with Crippen LogP contribution in [0, 0.1) is 52.3 Å². The molecule has 5 saturated carbocycles. The van der Waals surface area contributed by atoms with Crippen LogP contribution in [0.5, 0.6) is 0 Å². The zero-order valence-electron chi connectivity index (χ0n) is 32.7. The summed E-state index contributed by atoms with van der Waals surface area (Å²) in [5.41, 5.74) is 2.28. The molecule has 3 N–H and O–H groups in total. The number of piperidine rings is 4. The van der Waals surface area contributed by atoms with Crippen molar-refractivity contribution in [3.63, 3.8) is 0 Å². The average molecular weight is 742 g/mol. The van der Waals surface area contributed by atoms with Crippen LogP contribution >= 0.6 is 0 Å². The van der Waals surface area contributed by atoms with E-state index < -0.39 is 17.9 Å². The van der Waals surface area contributed by atoms with Gasteiger partial charge in [-0.25, -0.2) is 9.59 Å². The van der Waals surface area contributed by atoms with Crippen LogP contribution in [0.15, 0.2) is 35.9 Å². The minimum absolute atomic E-state index is 0.0370. The lowest BCUT2D eigenvalue weighted by Gasteiger charge is -2.67. The molecule has 0 amide bonds. The normalized spacial score (nSPS) is 54.4. The van der Waals surface area contributed by atoms with E-state index in [1.807, 2.05) is 0 Å². The number of ether oxygens (including phenoxy) is 2. The predicted molar refractivity (Wildman–Crippen MR) is 201 cm³/mol. The molecule has 12 rings (SSSR count). The molecular formula is C45H61N2O7+. The van der Waals surface area contributed by atoms with Gasteiger partial charge in [0.2, 0.25) is 0 Å². The lowest BCUT2D eigenvalue weighted by molar-refractivity contribution is -1.03. The van der Waals surface area contributed by atoms with Crippen LogP contribution in [-0.2, 0) is 24.5 Å². The maximum atomic E-state index is 14.5. The highest BCUT2D eigenvalue weighted by molar-refractivity contribution is 5.85. The molecule has 11 aliphatic rings. The Morgan fingerprint density at radius 3 is 2.61 bits per heavy atom. The van der Waals surface area contributed by atoms with Crippen molar-refractivity contribution < 1.29 is 38.9 Å². The first-order chi connectivity index (χ1) is 25.8. The van der Waals surface area contributed by atoms with E-state index in [4.69, 9.17) is 9.47 Å². The molecule has 0 radical (unpaired) electrons. The molecule has 18 atom stereocenters. The van der Waals surface area contributed by atoms with Gasteiger partial charge >= 0.3 is 11.9 Å². The molecule has 9 heteroatoms. The highest BCUT2D eigenvalue weighted by atomic mass is 16.5. The predicted octanol–water partition coefficient (Wildman–Crippen LogP) is 5.24. The Kier molecular flexibility index (Phi) is 7.17. The summed E-state index contributed by atoms with van der Waals surface area (Å²) in [5, 5.41) is 37.5. The van der Waals surface area contributed by atoms with E-state index in [-0.39, 0.29) is 88.5 Å². The molecule has 54 heavy (non-hydrogen) atoms. The van der Waals surface area contributed by atoms with Gasteiger partial charge in [0.05, 0.1) is 29.2 Å². The number of nitrogens with zero attached hydrogens (tertiary/aromatic N) is 2. The third kappa shape index (κ3) is 3.88. The van der Waals surface area contributed by atoms with E-state index in [2.05, 4.69) is 57.0 Å². The van der Waals surface area contributed by atoms with Crippen LogP contribution in [0.4, 0.5) is 5.69 Å². The maximum Gasteiger partial charge on any atom is 0.362 e. The molecule has 6 heterocycles. The van der Waals surface area contributed by atoms with Crippen molar-refractivity contribution in [2.75, 3.05) is 25.1 Å². The van der Waals surface area contributed by atoms with Gasteiger partial charge in [-0.3, -0.25) is 4.48 Å². The number of benzene rings is 1. The number of quaternary nitrogens is 1. The average Bonchev–Trinajstić information content (AvgIpc) is 3.83. The van der Waals surface area contributed by atoms with Gasteiger partial charge in [-0.1, -0.05) is 39.0 Å². The van der Waals surface area contributed by atoms with E-state index in [1.54, 1.807) is 6.08 Å². The Labute approximate surface area is 320 Å². The van der Waals surface area contributed by atoms with E-state index in [9.17, 15) is 24.9 Å². The SMILES string of the molecule is CCC1C2CC3C4N(C)c5ccccc5C45CC(C2C5O)[N+]3(CC(=O)OC2CCC3(C)C(CCC4C3CCC3(C)C(C5=CC(=O)OC5)CCC43O)C2)C1O. The molecule has 9 fully saturated rings. The molecule has 4 saturated heterocycles. The molecule has 5 bridgehead atoms. The molecule has 1 aromatic carbocycles. The third-order valence-corrected chi connectivity index (χ3v) is 19.8. The molecule has 9 nitrogen and oxygen atoms in total. The summed E-state index contributed by atoms with van der Waals surface area (Å²) >= 11 is 0. The van der Waals surface area contributed by atoms with Crippen LogP contribution < -0.4 is 4.90 Å². The fraction of sp³-hybridized carbons (Fsp3) is 0.778. The van der Waals surface area contributed by atoms with Crippen molar-refractivity contribution in [2.24, 2.45) is 52.3 Å². The largest absolute Gasteiger partial charge is 0.458 e. The molecule has 6 aliphatic heterocycles. The van der Waals surface area contributed by atoms with Crippen LogP contribution in [0.25, 0.3) is 0 Å². The van der Waals surface area contributed by atoms with Gasteiger partial charge in [0, 0.05) is 48.9 Å². The summed E-state index contributed by atoms with van der Waals surface area (Å²) in [7, 11) is 2.17. The number of aliphatic hydroxyl groups is 3. The second-order valence-corrected chi connectivity index (χ2v) is 20.7. The standard InChI is InChI=1S/C45H61N2O7/c1-5-27-28-20-34-39-44(32-8-6-7-9-33(32)46(39)4)21-35(38(28)40(44)50)47(34,41(27)51)22-37(49)54-26-12-15-42(2)25(19-26)10-11-31-30(42)13-16-43(3)29(14-17-45(31,43)52)24-18-36(48)53-23-24/h6-9,18,25-31,34-35,38-41,50-52H,5,10-17,19-23H2,1-4H3/q+1. The van der Waals surface area contributed by atoms with Gasteiger partial charge in [0.15, 0.2) is 12.8 Å². The smallest absolute Gasteiger partial charge is 0.362 e. The molecule has 1 spiro atoms.